The van der Waals surface area contributed by atoms with E-state index in [1.54, 1.807) is 25.2 Å². The molecule has 0 atom stereocenters. The second-order valence-electron chi connectivity index (χ2n) is 6.88. The van der Waals surface area contributed by atoms with Gasteiger partial charge in [0.05, 0.1) is 9.88 Å². The second kappa shape index (κ2) is 11.7. The third-order valence-electron chi connectivity index (χ3n) is 4.42. The van der Waals surface area contributed by atoms with E-state index in [4.69, 9.17) is 33.9 Å². The molecule has 0 unspecified atom stereocenters. The number of sulfonamides is 1. The molecule has 2 aromatic carbocycles. The highest BCUT2D eigenvalue weighted by atomic mass is 32.2. The van der Waals surface area contributed by atoms with Crippen LogP contribution in [0, 0.1) is 0 Å². The summed E-state index contributed by atoms with van der Waals surface area (Å²) in [6.45, 7) is 2.91. The van der Waals surface area contributed by atoms with Crippen LogP contribution in [0.5, 0.6) is 11.5 Å². The summed E-state index contributed by atoms with van der Waals surface area (Å²) in [5.74, 6) is 1.65. The third-order valence-corrected chi connectivity index (χ3v) is 6.35. The molecule has 9 nitrogen and oxygen atoms in total. The number of anilines is 1. The van der Waals surface area contributed by atoms with Crippen LogP contribution in [0.2, 0.25) is 0 Å². The average Bonchev–Trinajstić information content (AvgIpc) is 3.31. The van der Waals surface area contributed by atoms with Crippen LogP contribution in [0.3, 0.4) is 0 Å². The average molecular weight is 518 g/mol. The van der Waals surface area contributed by atoms with Gasteiger partial charge >= 0.3 is 0 Å². The van der Waals surface area contributed by atoms with Crippen molar-refractivity contribution in [3.05, 3.63) is 72.1 Å². The van der Waals surface area contributed by atoms with Crippen molar-refractivity contribution in [2.24, 2.45) is 0 Å². The quantitative estimate of drug-likeness (QED) is 0.422. The summed E-state index contributed by atoms with van der Waals surface area (Å²) in [5.41, 5.74) is 1.89. The Balaban J connectivity index is 0.000000202. The van der Waals surface area contributed by atoms with E-state index in [-0.39, 0.29) is 10.8 Å². The molecule has 0 saturated carbocycles. The van der Waals surface area contributed by atoms with Gasteiger partial charge < -0.3 is 20.1 Å². The fourth-order valence-electron chi connectivity index (χ4n) is 2.74. The van der Waals surface area contributed by atoms with Crippen molar-refractivity contribution < 1.29 is 17.9 Å². The fourth-order valence-corrected chi connectivity index (χ4v) is 3.90. The van der Waals surface area contributed by atoms with E-state index in [1.807, 2.05) is 25.1 Å². The predicted molar refractivity (Wildman–Crippen MR) is 138 cm³/mol. The van der Waals surface area contributed by atoms with Crippen LogP contribution in [0.1, 0.15) is 18.1 Å². The van der Waals surface area contributed by atoms with E-state index in [0.29, 0.717) is 11.8 Å². The molecule has 0 saturated heterocycles. The molecule has 0 fully saturated rings. The number of nitrogens with zero attached hydrogens (tertiary/aromatic N) is 2. The van der Waals surface area contributed by atoms with Gasteiger partial charge in [-0.2, -0.15) is 0 Å². The van der Waals surface area contributed by atoms with E-state index >= 15 is 0 Å². The van der Waals surface area contributed by atoms with Crippen molar-refractivity contribution in [3.8, 4) is 11.5 Å². The first-order chi connectivity index (χ1) is 16.3. The minimum absolute atomic E-state index is 0.0299. The Morgan fingerprint density at radius 1 is 1.03 bits per heavy atom. The van der Waals surface area contributed by atoms with Gasteiger partial charge in [0.15, 0.2) is 11.5 Å². The highest BCUT2D eigenvalue weighted by molar-refractivity contribution is 7.92. The fraction of sp³-hybridized carbons (Fsp3) is 0.182. The molecule has 1 aliphatic rings. The molecule has 34 heavy (non-hydrogen) atoms. The van der Waals surface area contributed by atoms with Crippen molar-refractivity contribution in [1.82, 2.24) is 20.6 Å². The standard InChI is InChI=1S/C12H12N4O2S2.C10H11NO2S/c1-13-11(19)9-3-5-10(6-4-9)20(17,18)16-12-14-7-2-8-15-12;1-7(14)11-5-8-2-3-9-10(4-8)13-6-12-9/h2-8H,1H3,(H,13,19)(H,14,15,16);2-4H,5-6H2,1H3,(H,11,14). The van der Waals surface area contributed by atoms with Gasteiger partial charge in [0.1, 0.15) is 4.99 Å². The number of thiocarbonyl (C=S) groups is 2. The molecule has 3 N–H and O–H groups in total. The minimum atomic E-state index is -3.70. The summed E-state index contributed by atoms with van der Waals surface area (Å²) in [6, 6.07) is 13.7. The molecule has 3 aromatic rings. The maximum absolute atomic E-state index is 12.1. The monoisotopic (exact) mass is 517 g/mol. The molecule has 1 aromatic heterocycles. The minimum Gasteiger partial charge on any atom is -0.454 e. The highest BCUT2D eigenvalue weighted by Gasteiger charge is 2.15. The molecule has 2 heterocycles. The Labute approximate surface area is 209 Å². The number of hydrogen-bond donors (Lipinski definition) is 3. The number of fused-ring (bicyclic) bond motifs is 1. The molecule has 1 aliphatic heterocycles. The number of aromatic nitrogens is 2. The number of ether oxygens (including phenoxy) is 2. The van der Waals surface area contributed by atoms with Gasteiger partial charge in [-0.05, 0) is 42.8 Å². The van der Waals surface area contributed by atoms with Gasteiger partial charge in [-0.25, -0.2) is 23.1 Å². The van der Waals surface area contributed by atoms with Gasteiger partial charge in [-0.15, -0.1) is 0 Å². The Kier molecular flexibility index (Phi) is 8.68. The summed E-state index contributed by atoms with van der Waals surface area (Å²) in [5, 5.41) is 5.91. The van der Waals surface area contributed by atoms with Crippen molar-refractivity contribution in [2.75, 3.05) is 18.6 Å². The zero-order valence-corrected chi connectivity index (χ0v) is 20.9. The van der Waals surface area contributed by atoms with Gasteiger partial charge in [0.2, 0.25) is 12.7 Å². The number of benzene rings is 2. The molecule has 178 valence electrons. The zero-order valence-electron chi connectivity index (χ0n) is 18.4. The summed E-state index contributed by atoms with van der Waals surface area (Å²) >= 11 is 9.99. The van der Waals surface area contributed by atoms with Gasteiger partial charge in [-0.1, -0.05) is 42.6 Å². The van der Waals surface area contributed by atoms with Crippen LogP contribution < -0.4 is 24.8 Å². The van der Waals surface area contributed by atoms with Crippen LogP contribution in [0.15, 0.2) is 65.8 Å². The van der Waals surface area contributed by atoms with Gasteiger partial charge in [-0.3, -0.25) is 0 Å². The smallest absolute Gasteiger partial charge is 0.264 e. The van der Waals surface area contributed by atoms with Crippen LogP contribution in [0.25, 0.3) is 0 Å². The molecule has 0 amide bonds. The van der Waals surface area contributed by atoms with Crippen molar-refractivity contribution in [1.29, 1.82) is 0 Å². The van der Waals surface area contributed by atoms with E-state index in [1.165, 1.54) is 24.5 Å². The van der Waals surface area contributed by atoms with Crippen molar-refractivity contribution in [3.63, 3.8) is 0 Å². The molecule has 0 radical (unpaired) electrons. The lowest BCUT2D eigenvalue weighted by molar-refractivity contribution is 0.174. The zero-order chi connectivity index (χ0) is 24.6. The van der Waals surface area contributed by atoms with Crippen LogP contribution in [-0.4, -0.2) is 42.2 Å². The lowest BCUT2D eigenvalue weighted by Crippen LogP contribution is -2.17. The van der Waals surface area contributed by atoms with E-state index < -0.39 is 10.0 Å². The lowest BCUT2D eigenvalue weighted by atomic mass is 10.2. The molecule has 12 heteroatoms. The topological polar surface area (TPSA) is 114 Å². The summed E-state index contributed by atoms with van der Waals surface area (Å²) in [4.78, 5) is 9.09. The lowest BCUT2D eigenvalue weighted by Gasteiger charge is -2.07. The first-order valence-electron chi connectivity index (χ1n) is 10.0. The van der Waals surface area contributed by atoms with Crippen molar-refractivity contribution >= 4 is 50.4 Å². The number of hydrogen-bond acceptors (Lipinski definition) is 8. The largest absolute Gasteiger partial charge is 0.454 e. The molecule has 0 bridgehead atoms. The maximum Gasteiger partial charge on any atom is 0.264 e. The molecular weight excluding hydrogens is 494 g/mol. The summed E-state index contributed by atoms with van der Waals surface area (Å²) in [6.07, 6.45) is 2.92. The Hall–Kier alpha value is -3.35. The number of nitrogens with one attached hydrogen (secondary N) is 3. The third kappa shape index (κ3) is 7.07. The van der Waals surface area contributed by atoms with E-state index in [2.05, 4.69) is 25.3 Å². The van der Waals surface area contributed by atoms with Crippen LogP contribution in [0.4, 0.5) is 5.95 Å². The molecular formula is C22H23N5O4S3. The van der Waals surface area contributed by atoms with Crippen LogP contribution in [-0.2, 0) is 16.6 Å². The van der Waals surface area contributed by atoms with Gasteiger partial charge in [0, 0.05) is 31.5 Å². The maximum atomic E-state index is 12.1. The summed E-state index contributed by atoms with van der Waals surface area (Å²) < 4.78 is 37.0. The molecule has 4 rings (SSSR count). The Morgan fingerprint density at radius 2 is 1.71 bits per heavy atom. The highest BCUT2D eigenvalue weighted by Crippen LogP contribution is 2.32. The summed E-state index contributed by atoms with van der Waals surface area (Å²) in [7, 11) is -1.99. The van der Waals surface area contributed by atoms with Crippen LogP contribution >= 0.6 is 24.4 Å². The normalized spacial score (nSPS) is 11.6. The van der Waals surface area contributed by atoms with E-state index in [0.717, 1.165) is 34.2 Å². The predicted octanol–water partition coefficient (Wildman–Crippen LogP) is 3.02. The van der Waals surface area contributed by atoms with Crippen molar-refractivity contribution in [2.45, 2.75) is 18.4 Å². The molecule has 0 spiro atoms. The van der Waals surface area contributed by atoms with Gasteiger partial charge in [0.25, 0.3) is 10.0 Å². The Bertz CT molecular complexity index is 1250. The van der Waals surface area contributed by atoms with E-state index in [9.17, 15) is 8.42 Å². The second-order valence-corrected chi connectivity index (χ2v) is 9.58. The first kappa shape index (κ1) is 25.3. The first-order valence-corrected chi connectivity index (χ1v) is 12.3. The SMILES string of the molecule is CC(=S)NCc1ccc2c(c1)OCO2.CNC(=S)c1ccc(S(=O)(=O)Nc2ncccn2)cc1. The Morgan fingerprint density at radius 3 is 2.35 bits per heavy atom. The molecule has 0 aliphatic carbocycles. The number of rotatable bonds is 6.